The van der Waals surface area contributed by atoms with Crippen molar-refractivity contribution < 1.29 is 4.79 Å². The van der Waals surface area contributed by atoms with Crippen LogP contribution in [0.15, 0.2) is 48.8 Å². The van der Waals surface area contributed by atoms with Crippen molar-refractivity contribution in [3.8, 4) is 0 Å². The molecule has 1 heterocycles. The van der Waals surface area contributed by atoms with Crippen LogP contribution in [0.5, 0.6) is 0 Å². The van der Waals surface area contributed by atoms with Crippen LogP contribution >= 0.6 is 0 Å². The second-order valence-electron chi connectivity index (χ2n) is 5.37. The molecular formula is C17H21N3O. The van der Waals surface area contributed by atoms with Crippen molar-refractivity contribution in [2.75, 3.05) is 5.32 Å². The van der Waals surface area contributed by atoms with Crippen LogP contribution in [0.3, 0.4) is 0 Å². The predicted octanol–water partition coefficient (Wildman–Crippen LogP) is 3.39. The van der Waals surface area contributed by atoms with E-state index in [1.807, 2.05) is 57.2 Å². The number of benzene rings is 1. The Morgan fingerprint density at radius 2 is 1.81 bits per heavy atom. The van der Waals surface area contributed by atoms with Gasteiger partial charge in [-0.25, -0.2) is 0 Å². The average molecular weight is 283 g/mol. The van der Waals surface area contributed by atoms with Gasteiger partial charge in [0.15, 0.2) is 0 Å². The second-order valence-corrected chi connectivity index (χ2v) is 5.37. The van der Waals surface area contributed by atoms with E-state index < -0.39 is 0 Å². The minimum atomic E-state index is -0.119. The summed E-state index contributed by atoms with van der Waals surface area (Å²) in [6.45, 7) is 6.06. The van der Waals surface area contributed by atoms with Crippen molar-refractivity contribution in [2.24, 2.45) is 0 Å². The van der Waals surface area contributed by atoms with Gasteiger partial charge in [0.1, 0.15) is 0 Å². The van der Waals surface area contributed by atoms with E-state index in [1.165, 1.54) is 0 Å². The lowest BCUT2D eigenvalue weighted by atomic mass is 10.1. The zero-order valence-corrected chi connectivity index (χ0v) is 12.6. The molecule has 4 nitrogen and oxygen atoms in total. The largest absolute Gasteiger partial charge is 0.382 e. The third kappa shape index (κ3) is 4.31. The molecule has 21 heavy (non-hydrogen) atoms. The van der Waals surface area contributed by atoms with Crippen LogP contribution in [0.2, 0.25) is 0 Å². The third-order valence-electron chi connectivity index (χ3n) is 3.10. The van der Waals surface area contributed by atoms with Gasteiger partial charge >= 0.3 is 0 Å². The Bertz CT molecular complexity index is 596. The van der Waals surface area contributed by atoms with E-state index >= 15 is 0 Å². The van der Waals surface area contributed by atoms with Gasteiger partial charge in [0.25, 0.3) is 5.91 Å². The van der Waals surface area contributed by atoms with Crippen LogP contribution in [-0.2, 0) is 0 Å². The Kier molecular flexibility index (Phi) is 4.93. The van der Waals surface area contributed by atoms with E-state index in [2.05, 4.69) is 15.6 Å². The highest BCUT2D eigenvalue weighted by Gasteiger charge is 2.12. The Morgan fingerprint density at radius 1 is 1.10 bits per heavy atom. The van der Waals surface area contributed by atoms with Crippen molar-refractivity contribution in [1.82, 2.24) is 10.3 Å². The molecule has 0 fully saturated rings. The molecule has 0 spiro atoms. The summed E-state index contributed by atoms with van der Waals surface area (Å²) in [5.41, 5.74) is 2.49. The number of anilines is 1. The third-order valence-corrected chi connectivity index (χ3v) is 3.10. The van der Waals surface area contributed by atoms with Crippen molar-refractivity contribution >= 4 is 11.6 Å². The fourth-order valence-electron chi connectivity index (χ4n) is 2.08. The quantitative estimate of drug-likeness (QED) is 0.884. The molecule has 2 aromatic rings. The first-order valence-electron chi connectivity index (χ1n) is 7.13. The summed E-state index contributed by atoms with van der Waals surface area (Å²) >= 11 is 0. The van der Waals surface area contributed by atoms with E-state index in [0.717, 1.165) is 11.3 Å². The molecule has 1 unspecified atom stereocenters. The molecule has 1 amide bonds. The Hall–Kier alpha value is -2.36. The van der Waals surface area contributed by atoms with Crippen molar-refractivity contribution in [3.63, 3.8) is 0 Å². The molecule has 0 bridgehead atoms. The highest BCUT2D eigenvalue weighted by Crippen LogP contribution is 2.14. The van der Waals surface area contributed by atoms with Crippen molar-refractivity contribution in [3.05, 3.63) is 59.9 Å². The summed E-state index contributed by atoms with van der Waals surface area (Å²) < 4.78 is 0. The summed E-state index contributed by atoms with van der Waals surface area (Å²) in [5.74, 6) is -0.119. The molecular weight excluding hydrogens is 262 g/mol. The highest BCUT2D eigenvalue weighted by molar-refractivity contribution is 5.94. The lowest BCUT2D eigenvalue weighted by molar-refractivity contribution is 0.0939. The molecule has 0 aliphatic heterocycles. The van der Waals surface area contributed by atoms with Gasteiger partial charge < -0.3 is 10.6 Å². The topological polar surface area (TPSA) is 54.0 Å². The predicted molar refractivity (Wildman–Crippen MR) is 85.3 cm³/mol. The minimum Gasteiger partial charge on any atom is -0.382 e. The highest BCUT2D eigenvalue weighted by atomic mass is 16.1. The van der Waals surface area contributed by atoms with Crippen LogP contribution in [0, 0.1) is 0 Å². The first-order chi connectivity index (χ1) is 10.1. The Balaban J connectivity index is 2.06. The summed E-state index contributed by atoms with van der Waals surface area (Å²) in [5, 5.41) is 6.23. The molecule has 1 aromatic carbocycles. The van der Waals surface area contributed by atoms with Crippen LogP contribution < -0.4 is 10.6 Å². The SMILES string of the molecule is CC(C)Nc1cncc(C(=O)NC(C)c2ccccc2)c1. The number of hydrogen-bond acceptors (Lipinski definition) is 3. The maximum atomic E-state index is 12.3. The van der Waals surface area contributed by atoms with Gasteiger partial charge in [-0.05, 0) is 32.4 Å². The first kappa shape index (κ1) is 15.0. The van der Waals surface area contributed by atoms with Crippen molar-refractivity contribution in [1.29, 1.82) is 0 Å². The molecule has 0 saturated carbocycles. The van der Waals surface area contributed by atoms with Crippen LogP contribution in [-0.4, -0.2) is 16.9 Å². The van der Waals surface area contributed by atoms with Crippen molar-refractivity contribution in [2.45, 2.75) is 32.9 Å². The fraction of sp³-hybridized carbons (Fsp3) is 0.294. The Morgan fingerprint density at radius 3 is 2.48 bits per heavy atom. The maximum Gasteiger partial charge on any atom is 0.253 e. The molecule has 2 N–H and O–H groups in total. The number of nitrogens with one attached hydrogen (secondary N) is 2. The van der Waals surface area contributed by atoms with Crippen LogP contribution in [0.1, 0.15) is 42.7 Å². The standard InChI is InChI=1S/C17H21N3O/c1-12(2)19-16-9-15(10-18-11-16)17(21)20-13(3)14-7-5-4-6-8-14/h4-13,19H,1-3H3,(H,20,21). The van der Waals surface area contributed by atoms with E-state index in [9.17, 15) is 4.79 Å². The molecule has 0 aliphatic carbocycles. The lowest BCUT2D eigenvalue weighted by Crippen LogP contribution is -2.26. The van der Waals surface area contributed by atoms with E-state index in [1.54, 1.807) is 12.4 Å². The number of rotatable bonds is 5. The molecule has 110 valence electrons. The van der Waals surface area contributed by atoms with Gasteiger partial charge in [0.2, 0.25) is 0 Å². The average Bonchev–Trinajstić information content (AvgIpc) is 2.47. The number of pyridine rings is 1. The molecule has 0 saturated heterocycles. The van der Waals surface area contributed by atoms with Gasteiger partial charge in [-0.15, -0.1) is 0 Å². The first-order valence-corrected chi connectivity index (χ1v) is 7.13. The Labute approximate surface area is 125 Å². The molecule has 1 atom stereocenters. The fourth-order valence-corrected chi connectivity index (χ4v) is 2.08. The van der Waals surface area contributed by atoms with E-state index in [4.69, 9.17) is 0 Å². The number of carbonyl (C=O) groups excluding carboxylic acids is 1. The number of amides is 1. The van der Waals surface area contributed by atoms with Gasteiger partial charge in [0.05, 0.1) is 17.3 Å². The van der Waals surface area contributed by atoms with Crippen LogP contribution in [0.25, 0.3) is 0 Å². The smallest absolute Gasteiger partial charge is 0.253 e. The molecule has 1 aromatic heterocycles. The minimum absolute atomic E-state index is 0.0413. The van der Waals surface area contributed by atoms with Crippen LogP contribution in [0.4, 0.5) is 5.69 Å². The summed E-state index contributed by atoms with van der Waals surface area (Å²) in [6.07, 6.45) is 3.30. The van der Waals surface area contributed by atoms with Gasteiger partial charge in [0, 0.05) is 18.4 Å². The molecule has 0 aliphatic rings. The zero-order valence-electron chi connectivity index (χ0n) is 12.6. The summed E-state index contributed by atoms with van der Waals surface area (Å²) in [7, 11) is 0. The number of hydrogen-bond donors (Lipinski definition) is 2. The number of aromatic nitrogens is 1. The maximum absolute atomic E-state index is 12.3. The van der Waals surface area contributed by atoms with Gasteiger partial charge in [-0.1, -0.05) is 30.3 Å². The van der Waals surface area contributed by atoms with Gasteiger partial charge in [-0.3, -0.25) is 9.78 Å². The summed E-state index contributed by atoms with van der Waals surface area (Å²) in [6, 6.07) is 12.0. The molecule has 2 rings (SSSR count). The number of carbonyl (C=O) groups is 1. The molecule has 0 radical (unpaired) electrons. The zero-order chi connectivity index (χ0) is 15.2. The van der Waals surface area contributed by atoms with Gasteiger partial charge in [-0.2, -0.15) is 0 Å². The lowest BCUT2D eigenvalue weighted by Gasteiger charge is -2.15. The normalized spacial score (nSPS) is 12.0. The monoisotopic (exact) mass is 283 g/mol. The van der Waals surface area contributed by atoms with E-state index in [-0.39, 0.29) is 11.9 Å². The summed E-state index contributed by atoms with van der Waals surface area (Å²) in [4.78, 5) is 16.4. The number of nitrogens with zero attached hydrogens (tertiary/aromatic N) is 1. The van der Waals surface area contributed by atoms with E-state index in [0.29, 0.717) is 11.6 Å². The second kappa shape index (κ2) is 6.88. The molecule has 4 heteroatoms.